The van der Waals surface area contributed by atoms with Gasteiger partial charge < -0.3 is 24.9 Å². The summed E-state index contributed by atoms with van der Waals surface area (Å²) in [5.41, 5.74) is 0.450. The zero-order chi connectivity index (χ0) is 17.6. The van der Waals surface area contributed by atoms with Gasteiger partial charge in [0, 0.05) is 12.1 Å². The molecule has 0 aliphatic carbocycles. The Kier molecular flexibility index (Phi) is 6.00. The van der Waals surface area contributed by atoms with Gasteiger partial charge in [-0.25, -0.2) is 0 Å². The molecule has 0 aliphatic heterocycles. The van der Waals surface area contributed by atoms with Gasteiger partial charge in [0.05, 0.1) is 12.0 Å². The van der Waals surface area contributed by atoms with Crippen molar-refractivity contribution in [2.24, 2.45) is 0 Å². The molecule has 0 aliphatic rings. The number of ether oxygens (including phenoxy) is 1. The molecule has 0 saturated carbocycles. The van der Waals surface area contributed by atoms with Gasteiger partial charge in [0.1, 0.15) is 18.5 Å². The van der Waals surface area contributed by atoms with E-state index < -0.39 is 6.10 Å². The van der Waals surface area contributed by atoms with E-state index in [-0.39, 0.29) is 23.8 Å². The van der Waals surface area contributed by atoms with Gasteiger partial charge in [0.15, 0.2) is 5.76 Å². The van der Waals surface area contributed by atoms with Crippen molar-refractivity contribution in [2.45, 2.75) is 32.4 Å². The fourth-order valence-corrected chi connectivity index (χ4v) is 1.96. The normalized spacial score (nSPS) is 12.7. The van der Waals surface area contributed by atoms with Crippen molar-refractivity contribution in [3.05, 3.63) is 48.4 Å². The fraction of sp³-hybridized carbons (Fsp3) is 0.389. The number of carbonyl (C=O) groups is 1. The molecule has 1 aromatic heterocycles. The number of furan rings is 1. The number of hydrogen-bond acceptors (Lipinski definition) is 5. The second-order valence-corrected chi connectivity index (χ2v) is 6.52. The lowest BCUT2D eigenvalue weighted by Crippen LogP contribution is -2.42. The van der Waals surface area contributed by atoms with Crippen molar-refractivity contribution in [2.75, 3.05) is 18.5 Å². The Balaban J connectivity index is 1.92. The quantitative estimate of drug-likeness (QED) is 0.726. The monoisotopic (exact) mass is 332 g/mol. The molecule has 6 heteroatoms. The molecule has 0 radical (unpaired) electrons. The number of hydrogen-bond donors (Lipinski definition) is 3. The minimum Gasteiger partial charge on any atom is -0.489 e. The van der Waals surface area contributed by atoms with Crippen LogP contribution in [0, 0.1) is 0 Å². The number of carbonyl (C=O) groups excluding carboxylic acids is 1. The van der Waals surface area contributed by atoms with Crippen LogP contribution in [-0.4, -0.2) is 35.8 Å². The lowest BCUT2D eigenvalue weighted by atomic mass is 10.1. The summed E-state index contributed by atoms with van der Waals surface area (Å²) in [5.74, 6) is 0.359. The number of β-amino-alcohol motifs (C(OH)–C–C–N with tert-alkyl or cyclic N) is 1. The zero-order valence-corrected chi connectivity index (χ0v) is 14.2. The molecule has 1 amide bonds. The molecule has 0 fully saturated rings. The molecule has 130 valence electrons. The number of nitrogens with one attached hydrogen (secondary N) is 2. The van der Waals surface area contributed by atoms with E-state index in [1.54, 1.807) is 36.4 Å². The van der Waals surface area contributed by atoms with Crippen LogP contribution in [-0.2, 0) is 0 Å². The minimum absolute atomic E-state index is 0.0735. The SMILES string of the molecule is CC(C)(C)NC[C@@H](O)COc1ccccc1NC(=O)c1ccco1. The molecular formula is C18H24N2O4. The van der Waals surface area contributed by atoms with E-state index in [0.29, 0.717) is 18.0 Å². The highest BCUT2D eigenvalue weighted by Crippen LogP contribution is 2.24. The fourth-order valence-electron chi connectivity index (χ4n) is 1.96. The van der Waals surface area contributed by atoms with E-state index in [9.17, 15) is 9.90 Å². The van der Waals surface area contributed by atoms with Crippen LogP contribution in [0.2, 0.25) is 0 Å². The van der Waals surface area contributed by atoms with Crippen LogP contribution >= 0.6 is 0 Å². The van der Waals surface area contributed by atoms with E-state index in [1.165, 1.54) is 6.26 Å². The molecule has 1 heterocycles. The maximum absolute atomic E-state index is 12.1. The summed E-state index contributed by atoms with van der Waals surface area (Å²) in [5, 5.41) is 16.0. The molecule has 0 spiro atoms. The van der Waals surface area contributed by atoms with E-state index in [1.807, 2.05) is 20.8 Å². The average Bonchev–Trinajstić information content (AvgIpc) is 3.06. The van der Waals surface area contributed by atoms with Crippen molar-refractivity contribution in [3.63, 3.8) is 0 Å². The van der Waals surface area contributed by atoms with Gasteiger partial charge in [-0.05, 0) is 45.0 Å². The average molecular weight is 332 g/mol. The van der Waals surface area contributed by atoms with Crippen molar-refractivity contribution in [3.8, 4) is 5.75 Å². The third kappa shape index (κ3) is 5.72. The highest BCUT2D eigenvalue weighted by molar-refractivity contribution is 6.03. The Morgan fingerprint density at radius 1 is 1.25 bits per heavy atom. The number of anilines is 1. The summed E-state index contributed by atoms with van der Waals surface area (Å²) >= 11 is 0. The number of benzene rings is 1. The molecule has 3 N–H and O–H groups in total. The molecule has 2 aromatic rings. The second-order valence-electron chi connectivity index (χ2n) is 6.52. The second kappa shape index (κ2) is 7.99. The third-order valence-corrected chi connectivity index (χ3v) is 3.18. The van der Waals surface area contributed by atoms with Crippen molar-refractivity contribution in [1.29, 1.82) is 0 Å². The van der Waals surface area contributed by atoms with Crippen LogP contribution in [0.15, 0.2) is 47.1 Å². The van der Waals surface area contributed by atoms with Gasteiger partial charge in [-0.15, -0.1) is 0 Å². The molecule has 1 aromatic carbocycles. The third-order valence-electron chi connectivity index (χ3n) is 3.18. The largest absolute Gasteiger partial charge is 0.489 e. The van der Waals surface area contributed by atoms with Gasteiger partial charge >= 0.3 is 0 Å². The van der Waals surface area contributed by atoms with Gasteiger partial charge in [-0.3, -0.25) is 4.79 Å². The first-order valence-electron chi connectivity index (χ1n) is 7.85. The first-order valence-corrected chi connectivity index (χ1v) is 7.85. The summed E-state index contributed by atoms with van der Waals surface area (Å²) in [7, 11) is 0. The zero-order valence-electron chi connectivity index (χ0n) is 14.2. The maximum atomic E-state index is 12.1. The van der Waals surface area contributed by atoms with Crippen LogP contribution in [0.25, 0.3) is 0 Å². The van der Waals surface area contributed by atoms with Crippen LogP contribution in [0.4, 0.5) is 5.69 Å². The summed E-state index contributed by atoms with van der Waals surface area (Å²) < 4.78 is 10.7. The molecule has 1 atom stereocenters. The first-order chi connectivity index (χ1) is 11.3. The Morgan fingerprint density at radius 3 is 2.67 bits per heavy atom. The van der Waals surface area contributed by atoms with Crippen molar-refractivity contribution < 1.29 is 19.1 Å². The molecule has 24 heavy (non-hydrogen) atoms. The number of aliphatic hydroxyl groups excluding tert-OH is 1. The van der Waals surface area contributed by atoms with E-state index in [0.717, 1.165) is 0 Å². The minimum atomic E-state index is -0.655. The van der Waals surface area contributed by atoms with E-state index in [2.05, 4.69) is 10.6 Å². The predicted molar refractivity (Wildman–Crippen MR) is 92.4 cm³/mol. The van der Waals surface area contributed by atoms with Gasteiger partial charge in [-0.2, -0.15) is 0 Å². The lowest BCUT2D eigenvalue weighted by molar-refractivity contribution is 0.0984. The maximum Gasteiger partial charge on any atom is 0.291 e. The number of aliphatic hydroxyl groups is 1. The lowest BCUT2D eigenvalue weighted by Gasteiger charge is -2.23. The van der Waals surface area contributed by atoms with Crippen molar-refractivity contribution >= 4 is 11.6 Å². The topological polar surface area (TPSA) is 83.7 Å². The Hall–Kier alpha value is -2.31. The Bertz CT molecular complexity index is 647. The number of amides is 1. The summed E-state index contributed by atoms with van der Waals surface area (Å²) in [4.78, 5) is 12.1. The molecule has 0 unspecified atom stereocenters. The van der Waals surface area contributed by atoms with E-state index >= 15 is 0 Å². The highest BCUT2D eigenvalue weighted by atomic mass is 16.5. The predicted octanol–water partition coefficient (Wildman–Crippen LogP) is 2.66. The van der Waals surface area contributed by atoms with Gasteiger partial charge in [0.2, 0.25) is 0 Å². The molecule has 0 bridgehead atoms. The van der Waals surface area contributed by atoms with Crippen LogP contribution in [0.1, 0.15) is 31.3 Å². The van der Waals surface area contributed by atoms with Crippen LogP contribution in [0.5, 0.6) is 5.75 Å². The molecule has 6 nitrogen and oxygen atoms in total. The summed E-state index contributed by atoms with van der Waals surface area (Å²) in [6, 6.07) is 10.3. The van der Waals surface area contributed by atoms with Crippen LogP contribution < -0.4 is 15.4 Å². The molecule has 0 saturated heterocycles. The van der Waals surface area contributed by atoms with E-state index in [4.69, 9.17) is 9.15 Å². The molecular weight excluding hydrogens is 308 g/mol. The summed E-state index contributed by atoms with van der Waals surface area (Å²) in [6.07, 6.45) is 0.786. The Labute approximate surface area is 141 Å². The van der Waals surface area contributed by atoms with Gasteiger partial charge in [0.25, 0.3) is 5.91 Å². The number of rotatable bonds is 7. The summed E-state index contributed by atoms with van der Waals surface area (Å²) in [6.45, 7) is 6.63. The Morgan fingerprint density at radius 2 is 2.00 bits per heavy atom. The van der Waals surface area contributed by atoms with Crippen LogP contribution in [0.3, 0.4) is 0 Å². The van der Waals surface area contributed by atoms with Crippen molar-refractivity contribution in [1.82, 2.24) is 5.32 Å². The number of para-hydroxylation sites is 2. The first kappa shape index (κ1) is 18.0. The molecule has 2 rings (SSSR count). The van der Waals surface area contributed by atoms with Gasteiger partial charge in [-0.1, -0.05) is 12.1 Å². The standard InChI is InChI=1S/C18H24N2O4/c1-18(2,3)19-11-13(21)12-24-15-8-5-4-7-14(15)20-17(22)16-9-6-10-23-16/h4-10,13,19,21H,11-12H2,1-3H3,(H,20,22)/t13-/m1/s1. The smallest absolute Gasteiger partial charge is 0.291 e. The highest BCUT2D eigenvalue weighted by Gasteiger charge is 2.15.